The molecular weight excluding hydrogens is 458 g/mol. The minimum atomic E-state index is 0.399. The van der Waals surface area contributed by atoms with E-state index in [9.17, 15) is 5.26 Å². The zero-order valence-electron chi connectivity index (χ0n) is 19.1. The summed E-state index contributed by atoms with van der Waals surface area (Å²) >= 11 is 1.40. The number of hydrogen-bond donors (Lipinski definition) is 2. The van der Waals surface area contributed by atoms with E-state index < -0.39 is 0 Å². The van der Waals surface area contributed by atoms with Gasteiger partial charge in [-0.15, -0.1) is 16.9 Å². The molecule has 0 fully saturated rings. The van der Waals surface area contributed by atoms with Crippen molar-refractivity contribution in [1.29, 1.82) is 5.26 Å². The zero-order chi connectivity index (χ0) is 24.4. The Labute approximate surface area is 206 Å². The standard InChI is InChI=1S/C26H21N7OS/c1-16-4-3-5-17(14-16)23-21(15-27)26(35-2)31-25-22(28)24(32-33(23)25)30-18-6-8-19(9-7-18)34-20-10-12-29-13-11-20/h3-14H,28H2,1-2H3,(H,30,32). The van der Waals surface area contributed by atoms with E-state index in [1.807, 2.05) is 61.7 Å². The first-order chi connectivity index (χ1) is 17.1. The van der Waals surface area contributed by atoms with E-state index in [0.29, 0.717) is 44.9 Å². The van der Waals surface area contributed by atoms with Crippen LogP contribution in [0.4, 0.5) is 17.2 Å². The van der Waals surface area contributed by atoms with E-state index >= 15 is 0 Å². The van der Waals surface area contributed by atoms with E-state index in [4.69, 9.17) is 15.6 Å². The molecule has 9 heteroatoms. The second-order valence-corrected chi connectivity index (χ2v) is 8.55. The summed E-state index contributed by atoms with van der Waals surface area (Å²) in [6.07, 6.45) is 5.24. The number of nitrogens with zero attached hydrogens (tertiary/aromatic N) is 5. The largest absolute Gasteiger partial charge is 0.457 e. The first-order valence-corrected chi connectivity index (χ1v) is 12.0. The Hall–Kier alpha value is -4.55. The Morgan fingerprint density at radius 1 is 1.06 bits per heavy atom. The Morgan fingerprint density at radius 3 is 2.49 bits per heavy atom. The van der Waals surface area contributed by atoms with Crippen LogP contribution in [-0.2, 0) is 0 Å². The molecule has 3 heterocycles. The lowest BCUT2D eigenvalue weighted by Gasteiger charge is -2.11. The Bertz CT molecular complexity index is 1560. The van der Waals surface area contributed by atoms with E-state index in [-0.39, 0.29) is 0 Å². The smallest absolute Gasteiger partial charge is 0.182 e. The highest BCUT2D eigenvalue weighted by molar-refractivity contribution is 7.98. The number of rotatable bonds is 6. The number of nitrogen functional groups attached to an aromatic ring is 1. The van der Waals surface area contributed by atoms with Gasteiger partial charge >= 0.3 is 0 Å². The van der Waals surface area contributed by atoms with Gasteiger partial charge < -0.3 is 15.8 Å². The molecule has 172 valence electrons. The average Bonchev–Trinajstić information content (AvgIpc) is 3.19. The number of aryl methyl sites for hydroxylation is 1. The number of benzene rings is 2. The highest BCUT2D eigenvalue weighted by Gasteiger charge is 2.22. The van der Waals surface area contributed by atoms with Crippen LogP contribution in [0.5, 0.6) is 11.5 Å². The first-order valence-electron chi connectivity index (χ1n) is 10.8. The van der Waals surface area contributed by atoms with Crippen LogP contribution in [0.25, 0.3) is 16.9 Å². The fourth-order valence-electron chi connectivity index (χ4n) is 3.73. The Kier molecular flexibility index (Phi) is 5.95. The van der Waals surface area contributed by atoms with Gasteiger partial charge in [0, 0.05) is 23.6 Å². The predicted octanol–water partition coefficient (Wildman–Crippen LogP) is 5.81. The number of hydrogen-bond acceptors (Lipinski definition) is 8. The third kappa shape index (κ3) is 4.35. The van der Waals surface area contributed by atoms with Crippen molar-refractivity contribution in [2.45, 2.75) is 11.9 Å². The van der Waals surface area contributed by atoms with Crippen LogP contribution in [0.15, 0.2) is 78.1 Å². The van der Waals surface area contributed by atoms with E-state index in [2.05, 4.69) is 21.4 Å². The van der Waals surface area contributed by atoms with E-state index in [1.165, 1.54) is 11.8 Å². The molecule has 0 amide bonds. The van der Waals surface area contributed by atoms with Gasteiger partial charge in [0.05, 0.1) is 5.69 Å². The summed E-state index contributed by atoms with van der Waals surface area (Å²) in [7, 11) is 0. The van der Waals surface area contributed by atoms with Gasteiger partial charge in [0.1, 0.15) is 33.8 Å². The van der Waals surface area contributed by atoms with Crippen molar-refractivity contribution in [3.05, 3.63) is 84.2 Å². The molecule has 0 aliphatic carbocycles. The van der Waals surface area contributed by atoms with Crippen molar-refractivity contribution < 1.29 is 4.74 Å². The fourth-order valence-corrected chi connectivity index (χ4v) is 4.25. The second-order valence-electron chi connectivity index (χ2n) is 7.76. The Balaban J connectivity index is 1.54. The minimum absolute atomic E-state index is 0.399. The lowest BCUT2D eigenvalue weighted by molar-refractivity contribution is 0.482. The number of nitrogens with two attached hydrogens (primary N) is 1. The Morgan fingerprint density at radius 2 is 1.80 bits per heavy atom. The van der Waals surface area contributed by atoms with Crippen LogP contribution in [0, 0.1) is 18.3 Å². The first kappa shape index (κ1) is 22.3. The summed E-state index contributed by atoms with van der Waals surface area (Å²) in [5, 5.41) is 18.5. The molecule has 0 bridgehead atoms. The molecule has 0 saturated heterocycles. The van der Waals surface area contributed by atoms with Crippen molar-refractivity contribution in [1.82, 2.24) is 19.6 Å². The SMILES string of the molecule is CSc1nc2c(N)c(Nc3ccc(Oc4ccncc4)cc3)nn2c(-c2cccc(C)c2)c1C#N. The molecule has 5 aromatic rings. The highest BCUT2D eigenvalue weighted by atomic mass is 32.2. The minimum Gasteiger partial charge on any atom is -0.457 e. The molecule has 0 atom stereocenters. The topological polar surface area (TPSA) is 114 Å². The highest BCUT2D eigenvalue weighted by Crippen LogP contribution is 2.35. The normalized spacial score (nSPS) is 10.8. The summed E-state index contributed by atoms with van der Waals surface area (Å²) in [6, 6.07) is 21.3. The molecule has 0 spiro atoms. The van der Waals surface area contributed by atoms with Crippen molar-refractivity contribution in [2.75, 3.05) is 17.3 Å². The third-order valence-electron chi connectivity index (χ3n) is 5.37. The van der Waals surface area contributed by atoms with Crippen LogP contribution < -0.4 is 15.8 Å². The summed E-state index contributed by atoms with van der Waals surface area (Å²) in [5.41, 5.74) is 11.2. The molecule has 2 aromatic carbocycles. The molecule has 0 aliphatic rings. The van der Waals surface area contributed by atoms with Crippen LogP contribution in [0.2, 0.25) is 0 Å². The number of nitrogens with one attached hydrogen (secondary N) is 1. The molecule has 35 heavy (non-hydrogen) atoms. The molecule has 3 aromatic heterocycles. The van der Waals surface area contributed by atoms with Crippen molar-refractivity contribution >= 4 is 34.6 Å². The van der Waals surface area contributed by atoms with E-state index in [0.717, 1.165) is 16.8 Å². The zero-order valence-corrected chi connectivity index (χ0v) is 19.9. The van der Waals surface area contributed by atoms with Crippen LogP contribution in [0.1, 0.15) is 11.1 Å². The summed E-state index contributed by atoms with van der Waals surface area (Å²) < 4.78 is 7.47. The molecule has 0 aliphatic heterocycles. The number of pyridine rings is 1. The van der Waals surface area contributed by atoms with Crippen LogP contribution in [-0.4, -0.2) is 25.8 Å². The van der Waals surface area contributed by atoms with Gasteiger partial charge in [-0.2, -0.15) is 5.26 Å². The molecule has 0 unspecified atom stereocenters. The third-order valence-corrected chi connectivity index (χ3v) is 6.05. The summed E-state index contributed by atoms with van der Waals surface area (Å²) in [5.74, 6) is 1.85. The lowest BCUT2D eigenvalue weighted by Crippen LogP contribution is -2.03. The van der Waals surface area contributed by atoms with Gasteiger partial charge in [0.15, 0.2) is 11.5 Å². The molecule has 3 N–H and O–H groups in total. The molecule has 0 radical (unpaired) electrons. The average molecular weight is 480 g/mol. The molecule has 8 nitrogen and oxygen atoms in total. The maximum absolute atomic E-state index is 9.96. The predicted molar refractivity (Wildman–Crippen MR) is 138 cm³/mol. The van der Waals surface area contributed by atoms with Crippen molar-refractivity contribution in [3.63, 3.8) is 0 Å². The number of thioether (sulfide) groups is 1. The van der Waals surface area contributed by atoms with Gasteiger partial charge in [-0.25, -0.2) is 9.50 Å². The monoisotopic (exact) mass is 479 g/mol. The van der Waals surface area contributed by atoms with Gasteiger partial charge in [-0.1, -0.05) is 23.8 Å². The quantitative estimate of drug-likeness (QED) is 0.232. The van der Waals surface area contributed by atoms with E-state index in [1.54, 1.807) is 29.0 Å². The van der Waals surface area contributed by atoms with Gasteiger partial charge in [0.25, 0.3) is 0 Å². The molecule has 0 saturated carbocycles. The van der Waals surface area contributed by atoms with Gasteiger partial charge in [-0.3, -0.25) is 4.98 Å². The second kappa shape index (κ2) is 9.37. The summed E-state index contributed by atoms with van der Waals surface area (Å²) in [4.78, 5) is 8.64. The number of fused-ring (bicyclic) bond motifs is 1. The van der Waals surface area contributed by atoms with Crippen molar-refractivity contribution in [2.24, 2.45) is 0 Å². The number of aromatic nitrogens is 4. The summed E-state index contributed by atoms with van der Waals surface area (Å²) in [6.45, 7) is 2.01. The maximum atomic E-state index is 9.96. The van der Waals surface area contributed by atoms with Crippen molar-refractivity contribution in [3.8, 4) is 28.8 Å². The van der Waals surface area contributed by atoms with Gasteiger partial charge in [0.2, 0.25) is 0 Å². The molecule has 5 rings (SSSR count). The fraction of sp³-hybridized carbons (Fsp3) is 0.0769. The van der Waals surface area contributed by atoms with Crippen LogP contribution in [0.3, 0.4) is 0 Å². The number of anilines is 3. The number of ether oxygens (including phenoxy) is 1. The van der Waals surface area contributed by atoms with Gasteiger partial charge in [-0.05, 0) is 55.6 Å². The maximum Gasteiger partial charge on any atom is 0.182 e. The lowest BCUT2D eigenvalue weighted by atomic mass is 10.1. The molecular formula is C26H21N7OS. The van der Waals surface area contributed by atoms with Crippen LogP contribution >= 0.6 is 11.8 Å². The number of nitriles is 1.